The zero-order valence-corrected chi connectivity index (χ0v) is 17.3. The molecule has 0 spiro atoms. The van der Waals surface area contributed by atoms with E-state index in [2.05, 4.69) is 47.9 Å². The third-order valence-corrected chi connectivity index (χ3v) is 5.83. The number of nitrogens with one attached hydrogen (secondary N) is 1. The van der Waals surface area contributed by atoms with Crippen LogP contribution in [0.3, 0.4) is 0 Å². The minimum Gasteiger partial charge on any atom is -0.301 e. The first-order valence-corrected chi connectivity index (χ1v) is 10.7. The van der Waals surface area contributed by atoms with Crippen LogP contribution in [0.15, 0.2) is 57.1 Å². The van der Waals surface area contributed by atoms with Crippen molar-refractivity contribution in [1.82, 2.24) is 19.9 Å². The summed E-state index contributed by atoms with van der Waals surface area (Å²) in [6.45, 7) is 2.24. The van der Waals surface area contributed by atoms with E-state index >= 15 is 0 Å². The van der Waals surface area contributed by atoms with Gasteiger partial charge < -0.3 is 4.98 Å². The second-order valence-corrected chi connectivity index (χ2v) is 8.21. The molecular formula is C20H19BrN4OS. The van der Waals surface area contributed by atoms with Gasteiger partial charge in [0.1, 0.15) is 0 Å². The quantitative estimate of drug-likeness (QED) is 0.490. The predicted octanol–water partition coefficient (Wildman–Crippen LogP) is 3.87. The molecule has 7 heteroatoms. The Balaban J connectivity index is 1.60. The van der Waals surface area contributed by atoms with Crippen molar-refractivity contribution in [2.45, 2.75) is 24.7 Å². The first kappa shape index (κ1) is 18.4. The number of benzene rings is 1. The van der Waals surface area contributed by atoms with E-state index in [4.69, 9.17) is 0 Å². The molecule has 0 radical (unpaired) electrons. The van der Waals surface area contributed by atoms with Gasteiger partial charge in [-0.3, -0.25) is 14.7 Å². The van der Waals surface area contributed by atoms with Gasteiger partial charge in [-0.05, 0) is 41.1 Å². The molecule has 1 aliphatic heterocycles. The van der Waals surface area contributed by atoms with Crippen LogP contribution < -0.4 is 5.56 Å². The van der Waals surface area contributed by atoms with Crippen LogP contribution >= 0.6 is 27.7 Å². The fourth-order valence-electron chi connectivity index (χ4n) is 3.42. The largest absolute Gasteiger partial charge is 0.301 e. The molecule has 0 fully saturated rings. The van der Waals surface area contributed by atoms with Crippen LogP contribution in [-0.2, 0) is 19.5 Å². The van der Waals surface area contributed by atoms with Gasteiger partial charge in [-0.25, -0.2) is 4.98 Å². The number of pyridine rings is 1. The van der Waals surface area contributed by atoms with Crippen molar-refractivity contribution in [3.05, 3.63) is 74.4 Å². The molecule has 1 N–H and O–H groups in total. The average Bonchev–Trinajstić information content (AvgIpc) is 2.68. The van der Waals surface area contributed by atoms with Gasteiger partial charge in [0, 0.05) is 42.9 Å². The Kier molecular flexibility index (Phi) is 5.43. The molecule has 1 aliphatic rings. The monoisotopic (exact) mass is 442 g/mol. The maximum absolute atomic E-state index is 12.4. The van der Waals surface area contributed by atoms with Gasteiger partial charge in [0.05, 0.1) is 11.3 Å². The maximum Gasteiger partial charge on any atom is 0.256 e. The fourth-order valence-corrected chi connectivity index (χ4v) is 4.22. The number of nitrogens with zero attached hydrogens (tertiary/aromatic N) is 3. The van der Waals surface area contributed by atoms with E-state index in [1.54, 1.807) is 0 Å². The maximum atomic E-state index is 12.4. The predicted molar refractivity (Wildman–Crippen MR) is 112 cm³/mol. The lowest BCUT2D eigenvalue weighted by molar-refractivity contribution is 0.241. The third kappa shape index (κ3) is 4.00. The van der Waals surface area contributed by atoms with Crippen molar-refractivity contribution < 1.29 is 0 Å². The van der Waals surface area contributed by atoms with Crippen molar-refractivity contribution in [2.24, 2.45) is 0 Å². The van der Waals surface area contributed by atoms with Gasteiger partial charge in [-0.2, -0.15) is 0 Å². The van der Waals surface area contributed by atoms with E-state index in [-0.39, 0.29) is 5.56 Å². The highest BCUT2D eigenvalue weighted by Gasteiger charge is 2.22. The van der Waals surface area contributed by atoms with Crippen LogP contribution in [0.1, 0.15) is 16.8 Å². The lowest BCUT2D eigenvalue weighted by atomic mass is 10.0. The Morgan fingerprint density at radius 3 is 3.04 bits per heavy atom. The summed E-state index contributed by atoms with van der Waals surface area (Å²) in [6, 6.07) is 10.3. The fraction of sp³-hybridized carbons (Fsp3) is 0.250. The Labute approximate surface area is 170 Å². The van der Waals surface area contributed by atoms with E-state index in [1.165, 1.54) is 17.3 Å². The first-order chi connectivity index (χ1) is 13.1. The van der Waals surface area contributed by atoms with E-state index in [9.17, 15) is 4.79 Å². The molecule has 27 heavy (non-hydrogen) atoms. The van der Waals surface area contributed by atoms with E-state index < -0.39 is 0 Å². The lowest BCUT2D eigenvalue weighted by Crippen LogP contribution is -2.35. The molecule has 0 bridgehead atoms. The van der Waals surface area contributed by atoms with Crippen LogP contribution in [-0.4, -0.2) is 32.7 Å². The topological polar surface area (TPSA) is 61.9 Å². The molecule has 0 amide bonds. The highest BCUT2D eigenvalue weighted by Crippen LogP contribution is 2.27. The van der Waals surface area contributed by atoms with Crippen molar-refractivity contribution in [2.75, 3.05) is 12.8 Å². The SMILES string of the molecule is CSc1nc2c(c(=O)[nH]1)CN(Cc1cnccc1-c1cccc(Br)c1)CC2. The number of hydrogen-bond donors (Lipinski definition) is 1. The van der Waals surface area contributed by atoms with Crippen molar-refractivity contribution >= 4 is 27.7 Å². The number of aromatic nitrogens is 3. The van der Waals surface area contributed by atoms with Gasteiger partial charge in [0.15, 0.2) is 5.16 Å². The summed E-state index contributed by atoms with van der Waals surface area (Å²) in [7, 11) is 0. The summed E-state index contributed by atoms with van der Waals surface area (Å²) in [5, 5.41) is 0.691. The second-order valence-electron chi connectivity index (χ2n) is 6.50. The molecule has 5 nitrogen and oxygen atoms in total. The smallest absolute Gasteiger partial charge is 0.256 e. The van der Waals surface area contributed by atoms with Gasteiger partial charge in [-0.1, -0.05) is 39.8 Å². The Hall–Kier alpha value is -1.96. The van der Waals surface area contributed by atoms with Crippen LogP contribution in [0, 0.1) is 0 Å². The number of H-pyrrole nitrogens is 1. The minimum absolute atomic E-state index is 0.0209. The van der Waals surface area contributed by atoms with Crippen molar-refractivity contribution in [3.8, 4) is 11.1 Å². The lowest BCUT2D eigenvalue weighted by Gasteiger charge is -2.28. The van der Waals surface area contributed by atoms with Gasteiger partial charge in [-0.15, -0.1) is 0 Å². The molecule has 0 unspecified atom stereocenters. The Morgan fingerprint density at radius 1 is 1.33 bits per heavy atom. The zero-order chi connectivity index (χ0) is 18.8. The number of thioether (sulfide) groups is 1. The highest BCUT2D eigenvalue weighted by atomic mass is 79.9. The normalized spacial score (nSPS) is 14.1. The molecule has 0 aliphatic carbocycles. The molecule has 0 atom stereocenters. The highest BCUT2D eigenvalue weighted by molar-refractivity contribution is 9.10. The zero-order valence-electron chi connectivity index (χ0n) is 14.9. The summed E-state index contributed by atoms with van der Waals surface area (Å²) in [6.07, 6.45) is 6.46. The van der Waals surface area contributed by atoms with E-state index in [0.717, 1.165) is 46.4 Å². The van der Waals surface area contributed by atoms with E-state index in [0.29, 0.717) is 11.7 Å². The molecule has 138 valence electrons. The molecule has 3 heterocycles. The van der Waals surface area contributed by atoms with Gasteiger partial charge >= 0.3 is 0 Å². The Bertz CT molecular complexity index is 1040. The number of fused-ring (bicyclic) bond motifs is 1. The molecule has 4 rings (SSSR count). The van der Waals surface area contributed by atoms with Crippen molar-refractivity contribution in [3.63, 3.8) is 0 Å². The van der Waals surface area contributed by atoms with Gasteiger partial charge in [0.2, 0.25) is 0 Å². The number of aromatic amines is 1. The number of hydrogen-bond acceptors (Lipinski definition) is 5. The molecule has 0 saturated heterocycles. The van der Waals surface area contributed by atoms with Crippen LogP contribution in [0.5, 0.6) is 0 Å². The molecule has 0 saturated carbocycles. The van der Waals surface area contributed by atoms with E-state index in [1.807, 2.05) is 36.8 Å². The van der Waals surface area contributed by atoms with Crippen molar-refractivity contribution in [1.29, 1.82) is 0 Å². The van der Waals surface area contributed by atoms with Crippen LogP contribution in [0.4, 0.5) is 0 Å². The number of rotatable bonds is 4. The summed E-state index contributed by atoms with van der Waals surface area (Å²) in [4.78, 5) is 26.5. The average molecular weight is 443 g/mol. The third-order valence-electron chi connectivity index (χ3n) is 4.75. The Morgan fingerprint density at radius 2 is 2.22 bits per heavy atom. The van der Waals surface area contributed by atoms with Crippen LogP contribution in [0.2, 0.25) is 0 Å². The molecule has 2 aromatic heterocycles. The minimum atomic E-state index is -0.0209. The van der Waals surface area contributed by atoms with Crippen LogP contribution in [0.25, 0.3) is 11.1 Å². The standard InChI is InChI=1S/C20H19BrN4OS/c1-27-20-23-18-6-8-25(12-17(18)19(26)24-20)11-14-10-22-7-5-16(14)13-3-2-4-15(21)9-13/h2-5,7,9-10H,6,8,11-12H2,1H3,(H,23,24,26). The summed E-state index contributed by atoms with van der Waals surface area (Å²) in [5.41, 5.74) is 5.17. The molecule has 1 aromatic carbocycles. The molecule has 3 aromatic rings. The summed E-state index contributed by atoms with van der Waals surface area (Å²) in [5.74, 6) is 0. The molecular weight excluding hydrogens is 424 g/mol. The summed E-state index contributed by atoms with van der Waals surface area (Å²) < 4.78 is 1.05. The second kappa shape index (κ2) is 7.96. The number of halogens is 1. The first-order valence-electron chi connectivity index (χ1n) is 8.71. The van der Waals surface area contributed by atoms with Gasteiger partial charge in [0.25, 0.3) is 5.56 Å². The summed E-state index contributed by atoms with van der Waals surface area (Å²) >= 11 is 5.01.